The van der Waals surface area contributed by atoms with Crippen molar-refractivity contribution in [1.29, 1.82) is 0 Å². The molecule has 0 saturated carbocycles. The summed E-state index contributed by atoms with van der Waals surface area (Å²) in [5.41, 5.74) is 1.18. The van der Waals surface area contributed by atoms with Gasteiger partial charge in [-0.1, -0.05) is 22.9 Å². The summed E-state index contributed by atoms with van der Waals surface area (Å²) in [5, 5.41) is 4.37. The summed E-state index contributed by atoms with van der Waals surface area (Å²) >= 11 is 9.10. The first-order valence-corrected chi connectivity index (χ1v) is 7.62. The van der Waals surface area contributed by atoms with Crippen molar-refractivity contribution in [2.24, 2.45) is 0 Å². The molecule has 1 nitrogen and oxygen atoms in total. The van der Waals surface area contributed by atoms with E-state index in [2.05, 4.69) is 56.2 Å². The Hall–Kier alpha value is 0.330. The Bertz CT molecular complexity index is 356. The van der Waals surface area contributed by atoms with Crippen LogP contribution in [0.2, 0.25) is 0 Å². The summed E-state index contributed by atoms with van der Waals surface area (Å²) in [6, 6.07) is 6.84. The average molecular weight is 351 g/mol. The van der Waals surface area contributed by atoms with Crippen LogP contribution in [-0.4, -0.2) is 17.0 Å². The van der Waals surface area contributed by atoms with Gasteiger partial charge in [0.2, 0.25) is 0 Å². The molecular weight excluding hydrogens is 338 g/mol. The molecule has 0 aliphatic carbocycles. The number of hydrogen-bond acceptors (Lipinski definition) is 2. The van der Waals surface area contributed by atoms with Gasteiger partial charge in [-0.15, -0.1) is 0 Å². The van der Waals surface area contributed by atoms with Crippen LogP contribution in [0.5, 0.6) is 0 Å². The van der Waals surface area contributed by atoms with Gasteiger partial charge in [0.25, 0.3) is 0 Å². The second kappa shape index (κ2) is 5.11. The summed E-state index contributed by atoms with van der Waals surface area (Å²) in [5.74, 6) is 1.21. The number of benzene rings is 1. The SMILES string of the molecule is CC1CC(Nc2cc(Br)ccc2Br)CS1. The van der Waals surface area contributed by atoms with Gasteiger partial charge in [-0.3, -0.25) is 0 Å². The fourth-order valence-corrected chi connectivity index (χ4v) is 3.62. The van der Waals surface area contributed by atoms with Gasteiger partial charge >= 0.3 is 0 Å². The van der Waals surface area contributed by atoms with Gasteiger partial charge in [-0.25, -0.2) is 0 Å². The second-order valence-electron chi connectivity index (χ2n) is 3.85. The molecule has 0 bridgehead atoms. The quantitative estimate of drug-likeness (QED) is 0.841. The molecule has 1 saturated heterocycles. The molecule has 4 heteroatoms. The molecule has 2 rings (SSSR count). The highest BCUT2D eigenvalue weighted by Gasteiger charge is 2.21. The van der Waals surface area contributed by atoms with Gasteiger partial charge in [-0.05, 0) is 40.5 Å². The fraction of sp³-hybridized carbons (Fsp3) is 0.455. The van der Waals surface area contributed by atoms with E-state index in [0.29, 0.717) is 6.04 Å². The van der Waals surface area contributed by atoms with Crippen LogP contribution in [0.15, 0.2) is 27.1 Å². The van der Waals surface area contributed by atoms with Crippen molar-refractivity contribution >= 4 is 49.3 Å². The zero-order valence-electron chi connectivity index (χ0n) is 8.47. The summed E-state index contributed by atoms with van der Waals surface area (Å²) in [4.78, 5) is 0. The van der Waals surface area contributed by atoms with Crippen molar-refractivity contribution in [3.63, 3.8) is 0 Å². The first kappa shape index (κ1) is 11.8. The molecule has 1 aliphatic rings. The molecule has 1 heterocycles. The first-order valence-electron chi connectivity index (χ1n) is 4.98. The summed E-state index contributed by atoms with van der Waals surface area (Å²) in [6.07, 6.45) is 1.25. The molecule has 2 atom stereocenters. The second-order valence-corrected chi connectivity index (χ2v) is 7.09. The van der Waals surface area contributed by atoms with Gasteiger partial charge < -0.3 is 5.32 Å². The molecule has 0 radical (unpaired) electrons. The van der Waals surface area contributed by atoms with Crippen LogP contribution < -0.4 is 5.32 Å². The highest BCUT2D eigenvalue weighted by Crippen LogP contribution is 2.32. The molecule has 0 amide bonds. The Morgan fingerprint density at radius 2 is 2.20 bits per heavy atom. The highest BCUT2D eigenvalue weighted by molar-refractivity contribution is 9.11. The highest BCUT2D eigenvalue weighted by atomic mass is 79.9. The van der Waals surface area contributed by atoms with Crippen molar-refractivity contribution in [2.75, 3.05) is 11.1 Å². The molecule has 2 unspecified atom stereocenters. The van der Waals surface area contributed by atoms with E-state index < -0.39 is 0 Å². The first-order chi connectivity index (χ1) is 7.15. The van der Waals surface area contributed by atoms with E-state index in [4.69, 9.17) is 0 Å². The van der Waals surface area contributed by atoms with Crippen molar-refractivity contribution in [3.8, 4) is 0 Å². The van der Waals surface area contributed by atoms with Crippen molar-refractivity contribution in [3.05, 3.63) is 27.1 Å². The van der Waals surface area contributed by atoms with Crippen LogP contribution in [0.3, 0.4) is 0 Å². The topological polar surface area (TPSA) is 12.0 Å². The van der Waals surface area contributed by atoms with Gasteiger partial charge in [0.05, 0.1) is 0 Å². The Morgan fingerprint density at radius 3 is 2.87 bits per heavy atom. The number of halogens is 2. The maximum Gasteiger partial charge on any atom is 0.0498 e. The number of thioether (sulfide) groups is 1. The maximum atomic E-state index is 3.58. The fourth-order valence-electron chi connectivity index (χ4n) is 1.75. The van der Waals surface area contributed by atoms with Crippen LogP contribution in [0, 0.1) is 0 Å². The third kappa shape index (κ3) is 3.14. The molecule has 0 spiro atoms. The number of anilines is 1. The van der Waals surface area contributed by atoms with Crippen molar-refractivity contribution < 1.29 is 0 Å². The molecular formula is C11H13Br2NS. The lowest BCUT2D eigenvalue weighted by Crippen LogP contribution is -2.19. The van der Waals surface area contributed by atoms with E-state index in [0.717, 1.165) is 14.2 Å². The van der Waals surface area contributed by atoms with Gasteiger partial charge in [0, 0.05) is 31.7 Å². The van der Waals surface area contributed by atoms with E-state index in [9.17, 15) is 0 Å². The zero-order valence-corrected chi connectivity index (χ0v) is 12.5. The molecule has 1 aliphatic heterocycles. The molecule has 1 fully saturated rings. The molecule has 1 N–H and O–H groups in total. The van der Waals surface area contributed by atoms with Gasteiger partial charge in [0.1, 0.15) is 0 Å². The van der Waals surface area contributed by atoms with E-state index in [1.54, 1.807) is 0 Å². The minimum atomic E-state index is 0.607. The molecule has 15 heavy (non-hydrogen) atoms. The van der Waals surface area contributed by atoms with Crippen molar-refractivity contribution in [1.82, 2.24) is 0 Å². The largest absolute Gasteiger partial charge is 0.380 e. The Morgan fingerprint density at radius 1 is 1.40 bits per heavy atom. The summed E-state index contributed by atoms with van der Waals surface area (Å²) in [6.45, 7) is 2.29. The lowest BCUT2D eigenvalue weighted by Gasteiger charge is -2.15. The number of hydrogen-bond donors (Lipinski definition) is 1. The third-order valence-electron chi connectivity index (χ3n) is 2.49. The third-order valence-corrected chi connectivity index (χ3v) is 5.03. The minimum absolute atomic E-state index is 0.607. The van der Waals surface area contributed by atoms with E-state index >= 15 is 0 Å². The lowest BCUT2D eigenvalue weighted by molar-refractivity contribution is 0.746. The van der Waals surface area contributed by atoms with Gasteiger partial charge in [0.15, 0.2) is 0 Å². The molecule has 1 aromatic rings. The normalized spacial score (nSPS) is 25.5. The summed E-state index contributed by atoms with van der Waals surface area (Å²) < 4.78 is 2.25. The number of nitrogens with one attached hydrogen (secondary N) is 1. The van der Waals surface area contributed by atoms with E-state index in [1.165, 1.54) is 17.9 Å². The molecule has 1 aromatic carbocycles. The standard InChI is InChI=1S/C11H13Br2NS/c1-7-4-9(6-15-7)14-11-5-8(12)2-3-10(11)13/h2-3,5,7,9,14H,4,6H2,1H3. The maximum absolute atomic E-state index is 3.58. The zero-order chi connectivity index (χ0) is 10.8. The van der Waals surface area contributed by atoms with E-state index in [1.807, 2.05) is 17.8 Å². The minimum Gasteiger partial charge on any atom is -0.380 e. The monoisotopic (exact) mass is 349 g/mol. The van der Waals surface area contributed by atoms with E-state index in [-0.39, 0.29) is 0 Å². The lowest BCUT2D eigenvalue weighted by atomic mass is 10.2. The Labute approximate surface area is 112 Å². The van der Waals surface area contributed by atoms with Crippen LogP contribution in [0.1, 0.15) is 13.3 Å². The van der Waals surface area contributed by atoms with Crippen molar-refractivity contribution in [2.45, 2.75) is 24.6 Å². The van der Waals surface area contributed by atoms with Crippen LogP contribution in [0.4, 0.5) is 5.69 Å². The predicted molar refractivity (Wildman–Crippen MR) is 75.8 cm³/mol. The van der Waals surface area contributed by atoms with Gasteiger partial charge in [-0.2, -0.15) is 11.8 Å². The molecule has 82 valence electrons. The van der Waals surface area contributed by atoms with Crippen LogP contribution in [0.25, 0.3) is 0 Å². The molecule has 0 aromatic heterocycles. The van der Waals surface area contributed by atoms with Crippen LogP contribution >= 0.6 is 43.6 Å². The average Bonchev–Trinajstić information content (AvgIpc) is 2.58. The predicted octanol–water partition coefficient (Wildman–Crippen LogP) is 4.52. The number of rotatable bonds is 2. The summed E-state index contributed by atoms with van der Waals surface area (Å²) in [7, 11) is 0. The van der Waals surface area contributed by atoms with Crippen LogP contribution in [-0.2, 0) is 0 Å². The Balaban J connectivity index is 2.07. The Kier molecular flexibility index (Phi) is 4.02. The smallest absolute Gasteiger partial charge is 0.0498 e.